The van der Waals surface area contributed by atoms with Crippen molar-refractivity contribution in [2.45, 2.75) is 12.5 Å². The first-order chi connectivity index (χ1) is 7.55. The van der Waals surface area contributed by atoms with Crippen LogP contribution in [0.15, 0.2) is 18.2 Å². The summed E-state index contributed by atoms with van der Waals surface area (Å²) in [5, 5.41) is 30.4. The topological polar surface area (TPSA) is 98.7 Å². The van der Waals surface area contributed by atoms with Crippen LogP contribution in [0.25, 0.3) is 0 Å². The fraction of sp³-hybridized carbons (Fsp3) is 0.455. The Kier molecular flexibility index (Phi) is 4.12. The van der Waals surface area contributed by atoms with Crippen LogP contribution >= 0.6 is 0 Å². The lowest BCUT2D eigenvalue weighted by Gasteiger charge is -2.30. The summed E-state index contributed by atoms with van der Waals surface area (Å²) in [4.78, 5) is 0. The zero-order chi connectivity index (χ0) is 12.2. The van der Waals surface area contributed by atoms with Gasteiger partial charge in [0.1, 0.15) is 5.54 Å². The first kappa shape index (κ1) is 12.8. The van der Waals surface area contributed by atoms with Gasteiger partial charge in [0, 0.05) is 11.4 Å². The highest BCUT2D eigenvalue weighted by Crippen LogP contribution is 2.20. The summed E-state index contributed by atoms with van der Waals surface area (Å²) in [6, 6.07) is 5.32. The van der Waals surface area contributed by atoms with Gasteiger partial charge in [0.25, 0.3) is 0 Å². The second-order valence-corrected chi connectivity index (χ2v) is 4.01. The van der Waals surface area contributed by atoms with Crippen molar-refractivity contribution in [3.8, 4) is 0 Å². The molecule has 0 spiro atoms. The van der Waals surface area contributed by atoms with E-state index in [-0.39, 0.29) is 19.8 Å². The van der Waals surface area contributed by atoms with E-state index in [0.717, 1.165) is 5.56 Å². The number of aliphatic hydroxyl groups is 3. The zero-order valence-corrected chi connectivity index (χ0v) is 9.27. The summed E-state index contributed by atoms with van der Waals surface area (Å²) >= 11 is 0. The largest absolute Gasteiger partial charge is 0.399 e. The van der Waals surface area contributed by atoms with Crippen LogP contribution in [0.4, 0.5) is 11.4 Å². The number of nitrogens with one attached hydrogen (secondary N) is 1. The maximum atomic E-state index is 9.16. The smallest absolute Gasteiger partial charge is 0.107 e. The number of aliphatic hydroxyl groups excluding tert-OH is 3. The van der Waals surface area contributed by atoms with Gasteiger partial charge in [-0.05, 0) is 30.7 Å². The first-order valence-electron chi connectivity index (χ1n) is 5.03. The second-order valence-electron chi connectivity index (χ2n) is 4.01. The van der Waals surface area contributed by atoms with Crippen molar-refractivity contribution < 1.29 is 15.3 Å². The molecule has 0 saturated heterocycles. The van der Waals surface area contributed by atoms with Gasteiger partial charge in [0.15, 0.2) is 0 Å². The molecule has 0 bridgehead atoms. The van der Waals surface area contributed by atoms with Crippen LogP contribution in [0.2, 0.25) is 0 Å². The molecule has 0 saturated carbocycles. The van der Waals surface area contributed by atoms with Crippen molar-refractivity contribution in [2.24, 2.45) is 0 Å². The zero-order valence-electron chi connectivity index (χ0n) is 9.27. The minimum atomic E-state index is -1.12. The average Bonchev–Trinajstić information content (AvgIpc) is 2.25. The van der Waals surface area contributed by atoms with Crippen LogP contribution in [0.3, 0.4) is 0 Å². The van der Waals surface area contributed by atoms with E-state index >= 15 is 0 Å². The van der Waals surface area contributed by atoms with Crippen molar-refractivity contribution in [1.29, 1.82) is 0 Å². The number of hydrogen-bond donors (Lipinski definition) is 5. The van der Waals surface area contributed by atoms with E-state index in [0.29, 0.717) is 11.4 Å². The van der Waals surface area contributed by atoms with Gasteiger partial charge >= 0.3 is 0 Å². The molecule has 1 aromatic carbocycles. The number of hydrogen-bond acceptors (Lipinski definition) is 5. The second kappa shape index (κ2) is 5.16. The van der Waals surface area contributed by atoms with Gasteiger partial charge in [-0.25, -0.2) is 0 Å². The molecule has 90 valence electrons. The molecule has 5 heteroatoms. The van der Waals surface area contributed by atoms with Gasteiger partial charge < -0.3 is 26.4 Å². The van der Waals surface area contributed by atoms with Crippen LogP contribution in [-0.4, -0.2) is 40.7 Å². The van der Waals surface area contributed by atoms with Crippen LogP contribution < -0.4 is 11.1 Å². The number of benzene rings is 1. The van der Waals surface area contributed by atoms with Crippen molar-refractivity contribution >= 4 is 11.4 Å². The molecule has 16 heavy (non-hydrogen) atoms. The van der Waals surface area contributed by atoms with E-state index in [1.54, 1.807) is 6.07 Å². The number of rotatable bonds is 5. The lowest BCUT2D eigenvalue weighted by molar-refractivity contribution is 0.0834. The summed E-state index contributed by atoms with van der Waals surface area (Å²) in [5.74, 6) is 0. The Morgan fingerprint density at radius 1 is 1.12 bits per heavy atom. The number of nitrogen functional groups attached to an aromatic ring is 1. The molecular weight excluding hydrogens is 208 g/mol. The third kappa shape index (κ3) is 2.85. The normalized spacial score (nSPS) is 11.5. The molecule has 0 aliphatic carbocycles. The predicted molar refractivity (Wildman–Crippen MR) is 63.2 cm³/mol. The third-order valence-electron chi connectivity index (χ3n) is 2.42. The molecular formula is C11H18N2O3. The molecule has 6 N–H and O–H groups in total. The van der Waals surface area contributed by atoms with E-state index in [1.165, 1.54) is 0 Å². The van der Waals surface area contributed by atoms with Crippen molar-refractivity contribution in [1.82, 2.24) is 0 Å². The van der Waals surface area contributed by atoms with Gasteiger partial charge in [-0.1, -0.05) is 0 Å². The SMILES string of the molecule is Cc1cc(N)cc(NC(CO)(CO)CO)c1. The fourth-order valence-electron chi connectivity index (χ4n) is 1.46. The molecule has 0 unspecified atom stereocenters. The third-order valence-corrected chi connectivity index (χ3v) is 2.42. The average molecular weight is 226 g/mol. The Morgan fingerprint density at radius 3 is 2.12 bits per heavy atom. The maximum Gasteiger partial charge on any atom is 0.107 e. The molecule has 0 amide bonds. The molecule has 1 aromatic rings. The van der Waals surface area contributed by atoms with Crippen molar-refractivity contribution in [2.75, 3.05) is 30.9 Å². The van der Waals surface area contributed by atoms with Crippen LogP contribution in [0.1, 0.15) is 5.56 Å². The summed E-state index contributed by atoms with van der Waals surface area (Å²) < 4.78 is 0. The van der Waals surface area contributed by atoms with E-state index in [2.05, 4.69) is 5.32 Å². The Balaban J connectivity index is 2.93. The standard InChI is InChI=1S/C11H18N2O3/c1-8-2-9(12)4-10(3-8)13-11(5-14,6-15)7-16/h2-4,13-16H,5-7,12H2,1H3. The molecule has 1 rings (SSSR count). The molecule has 0 aliphatic heterocycles. The van der Waals surface area contributed by atoms with Crippen molar-refractivity contribution in [3.05, 3.63) is 23.8 Å². The highest BCUT2D eigenvalue weighted by Gasteiger charge is 2.27. The lowest BCUT2D eigenvalue weighted by Crippen LogP contribution is -2.49. The van der Waals surface area contributed by atoms with Gasteiger partial charge in [-0.3, -0.25) is 0 Å². The summed E-state index contributed by atoms with van der Waals surface area (Å²) in [5.41, 5.74) is 6.76. The minimum absolute atomic E-state index is 0.367. The minimum Gasteiger partial charge on any atom is -0.399 e. The quantitative estimate of drug-likeness (QED) is 0.444. The van der Waals surface area contributed by atoms with Gasteiger partial charge in [-0.2, -0.15) is 0 Å². The lowest BCUT2D eigenvalue weighted by atomic mass is 10.0. The maximum absolute atomic E-state index is 9.16. The van der Waals surface area contributed by atoms with E-state index in [9.17, 15) is 0 Å². The predicted octanol–water partition coefficient (Wildman–Crippen LogP) is -0.295. The Labute approximate surface area is 94.5 Å². The highest BCUT2D eigenvalue weighted by molar-refractivity contribution is 5.58. The molecule has 0 radical (unpaired) electrons. The molecule has 0 atom stereocenters. The molecule has 5 nitrogen and oxygen atoms in total. The van der Waals surface area contributed by atoms with Crippen molar-refractivity contribution in [3.63, 3.8) is 0 Å². The van der Waals surface area contributed by atoms with E-state index in [1.807, 2.05) is 19.1 Å². The Morgan fingerprint density at radius 2 is 1.69 bits per heavy atom. The van der Waals surface area contributed by atoms with E-state index < -0.39 is 5.54 Å². The summed E-state index contributed by atoms with van der Waals surface area (Å²) in [6.45, 7) is 0.787. The molecule has 0 heterocycles. The van der Waals surface area contributed by atoms with Gasteiger partial charge in [-0.15, -0.1) is 0 Å². The van der Waals surface area contributed by atoms with Gasteiger partial charge in [0.05, 0.1) is 19.8 Å². The highest BCUT2D eigenvalue weighted by atomic mass is 16.3. The molecule has 0 aliphatic rings. The number of nitrogens with two attached hydrogens (primary N) is 1. The fourth-order valence-corrected chi connectivity index (χ4v) is 1.46. The monoisotopic (exact) mass is 226 g/mol. The van der Waals surface area contributed by atoms with Crippen LogP contribution in [-0.2, 0) is 0 Å². The number of aryl methyl sites for hydroxylation is 1. The molecule has 0 fully saturated rings. The Bertz CT molecular complexity index is 323. The Hall–Kier alpha value is -1.30. The molecule has 0 aromatic heterocycles. The van der Waals surface area contributed by atoms with Crippen LogP contribution in [0, 0.1) is 6.92 Å². The summed E-state index contributed by atoms with van der Waals surface area (Å²) in [6.07, 6.45) is 0. The van der Waals surface area contributed by atoms with Gasteiger partial charge in [0.2, 0.25) is 0 Å². The van der Waals surface area contributed by atoms with E-state index in [4.69, 9.17) is 21.1 Å². The first-order valence-corrected chi connectivity index (χ1v) is 5.03. The van der Waals surface area contributed by atoms with Crippen LogP contribution in [0.5, 0.6) is 0 Å². The summed E-state index contributed by atoms with van der Waals surface area (Å²) in [7, 11) is 0. The number of anilines is 2.